The first-order valence-electron chi connectivity index (χ1n) is 8.24. The van der Waals surface area contributed by atoms with Gasteiger partial charge in [0, 0.05) is 10.1 Å². The fourth-order valence-electron chi connectivity index (χ4n) is 4.12. The van der Waals surface area contributed by atoms with Crippen LogP contribution in [0, 0.1) is 17.8 Å². The highest BCUT2D eigenvalue weighted by Crippen LogP contribution is 2.44. The molecule has 4 unspecified atom stereocenters. The molecule has 1 aliphatic carbocycles. The van der Waals surface area contributed by atoms with Crippen molar-refractivity contribution in [2.24, 2.45) is 23.5 Å². The lowest BCUT2D eigenvalue weighted by Gasteiger charge is -2.36. The highest BCUT2D eigenvalue weighted by Gasteiger charge is 2.32. The minimum atomic E-state index is 0.780. The average molecular weight is 289 g/mol. The minimum Gasteiger partial charge on any atom is -0.330 e. The van der Waals surface area contributed by atoms with Crippen LogP contribution >= 0.6 is 11.8 Å². The Morgan fingerprint density at radius 1 is 1.20 bits per heavy atom. The topological polar surface area (TPSA) is 26.0 Å². The Balaban J connectivity index is 1.62. The Kier molecular flexibility index (Phi) is 4.72. The third kappa shape index (κ3) is 3.07. The Morgan fingerprint density at radius 3 is 2.80 bits per heavy atom. The molecule has 110 valence electrons. The number of hydrogen-bond donors (Lipinski definition) is 1. The van der Waals surface area contributed by atoms with Gasteiger partial charge in [0.25, 0.3) is 0 Å². The number of nitrogens with two attached hydrogens (primary N) is 1. The highest BCUT2D eigenvalue weighted by atomic mass is 32.2. The second-order valence-corrected chi connectivity index (χ2v) is 7.97. The summed E-state index contributed by atoms with van der Waals surface area (Å²) in [7, 11) is 0. The van der Waals surface area contributed by atoms with E-state index in [9.17, 15) is 0 Å². The molecule has 1 nitrogen and oxygen atoms in total. The van der Waals surface area contributed by atoms with Crippen LogP contribution in [0.4, 0.5) is 0 Å². The van der Waals surface area contributed by atoms with Crippen LogP contribution in [-0.2, 0) is 6.42 Å². The van der Waals surface area contributed by atoms with Gasteiger partial charge in [0.2, 0.25) is 0 Å². The Labute approximate surface area is 127 Å². The van der Waals surface area contributed by atoms with Crippen LogP contribution in [0.5, 0.6) is 0 Å². The van der Waals surface area contributed by atoms with E-state index in [0.29, 0.717) is 0 Å². The molecule has 20 heavy (non-hydrogen) atoms. The monoisotopic (exact) mass is 289 g/mol. The van der Waals surface area contributed by atoms with Gasteiger partial charge in [-0.25, -0.2) is 0 Å². The molecule has 0 spiro atoms. The van der Waals surface area contributed by atoms with Gasteiger partial charge in [-0.2, -0.15) is 0 Å². The van der Waals surface area contributed by atoms with E-state index in [0.717, 1.165) is 29.5 Å². The van der Waals surface area contributed by atoms with Crippen molar-refractivity contribution in [2.75, 3.05) is 6.54 Å². The molecule has 1 saturated carbocycles. The molecular formula is C18H27NS. The lowest BCUT2D eigenvalue weighted by molar-refractivity contribution is 0.171. The molecule has 1 heterocycles. The second kappa shape index (κ2) is 6.53. The molecular weight excluding hydrogens is 262 g/mol. The largest absolute Gasteiger partial charge is 0.330 e. The Bertz CT molecular complexity index is 420. The van der Waals surface area contributed by atoms with Crippen molar-refractivity contribution >= 4 is 11.8 Å². The van der Waals surface area contributed by atoms with Crippen molar-refractivity contribution in [1.29, 1.82) is 0 Å². The molecule has 1 aromatic rings. The van der Waals surface area contributed by atoms with Gasteiger partial charge in [0.05, 0.1) is 0 Å². The molecule has 2 aliphatic rings. The first-order valence-corrected chi connectivity index (χ1v) is 9.12. The zero-order valence-corrected chi connectivity index (χ0v) is 13.4. The number of fused-ring (bicyclic) bond motifs is 1. The van der Waals surface area contributed by atoms with Gasteiger partial charge in [-0.15, -0.1) is 11.8 Å². The normalized spacial score (nSPS) is 33.1. The summed E-state index contributed by atoms with van der Waals surface area (Å²) in [5.41, 5.74) is 7.60. The molecule has 3 rings (SSSR count). The van der Waals surface area contributed by atoms with Crippen molar-refractivity contribution in [3.63, 3.8) is 0 Å². The van der Waals surface area contributed by atoms with Crippen LogP contribution in [0.1, 0.15) is 44.6 Å². The van der Waals surface area contributed by atoms with Crippen molar-refractivity contribution in [3.8, 4) is 0 Å². The number of benzene rings is 1. The molecule has 0 radical (unpaired) electrons. The summed E-state index contributed by atoms with van der Waals surface area (Å²) in [4.78, 5) is 1.52. The van der Waals surface area contributed by atoms with E-state index in [4.69, 9.17) is 5.73 Å². The maximum absolute atomic E-state index is 6.03. The van der Waals surface area contributed by atoms with Crippen molar-refractivity contribution < 1.29 is 0 Å². The first-order chi connectivity index (χ1) is 9.80. The predicted octanol–water partition coefficient (Wildman–Crippen LogP) is 4.49. The smallest absolute Gasteiger partial charge is 0.0138 e. The maximum Gasteiger partial charge on any atom is 0.0138 e. The fraction of sp³-hybridized carbons (Fsp3) is 0.667. The second-order valence-electron chi connectivity index (χ2n) is 6.63. The van der Waals surface area contributed by atoms with E-state index in [1.807, 2.05) is 0 Å². The molecule has 2 heteroatoms. The molecule has 1 aliphatic heterocycles. The van der Waals surface area contributed by atoms with E-state index in [1.54, 1.807) is 5.56 Å². The maximum atomic E-state index is 6.03. The number of rotatable bonds is 4. The van der Waals surface area contributed by atoms with Crippen LogP contribution in [0.3, 0.4) is 0 Å². The lowest BCUT2D eigenvalue weighted by Crippen LogP contribution is -2.32. The summed E-state index contributed by atoms with van der Waals surface area (Å²) in [6.45, 7) is 3.25. The third-order valence-electron chi connectivity index (χ3n) is 5.41. The SMILES string of the molecule is CCC1CCC(CN)C(CC2Cc3ccccc3S2)C1. The Morgan fingerprint density at radius 2 is 2.05 bits per heavy atom. The van der Waals surface area contributed by atoms with E-state index in [1.165, 1.54) is 43.4 Å². The van der Waals surface area contributed by atoms with Crippen molar-refractivity contribution in [1.82, 2.24) is 0 Å². The number of hydrogen-bond acceptors (Lipinski definition) is 2. The fourth-order valence-corrected chi connectivity index (χ4v) is 5.54. The summed E-state index contributed by atoms with van der Waals surface area (Å²) in [5, 5.41) is 0.794. The van der Waals surface area contributed by atoms with Gasteiger partial charge < -0.3 is 5.73 Å². The quantitative estimate of drug-likeness (QED) is 0.883. The standard InChI is InChI=1S/C18H27NS/c1-2-13-7-8-15(12-19)16(9-13)11-17-10-14-5-3-4-6-18(14)20-17/h3-6,13,15-17H,2,7-12,19H2,1H3. The summed E-state index contributed by atoms with van der Waals surface area (Å²) < 4.78 is 0. The zero-order valence-electron chi connectivity index (χ0n) is 12.6. The van der Waals surface area contributed by atoms with Gasteiger partial charge in [0.15, 0.2) is 0 Å². The number of thioether (sulfide) groups is 1. The third-order valence-corrected chi connectivity index (χ3v) is 6.75. The Hall–Kier alpha value is -0.470. The summed E-state index contributed by atoms with van der Waals surface area (Å²) in [5.74, 6) is 2.60. The molecule has 0 amide bonds. The summed E-state index contributed by atoms with van der Waals surface area (Å²) in [6.07, 6.45) is 8.19. The molecule has 0 aromatic heterocycles. The average Bonchev–Trinajstić information content (AvgIpc) is 2.89. The van der Waals surface area contributed by atoms with Crippen LogP contribution in [0.25, 0.3) is 0 Å². The van der Waals surface area contributed by atoms with Crippen LogP contribution in [0.2, 0.25) is 0 Å². The van der Waals surface area contributed by atoms with Crippen molar-refractivity contribution in [2.45, 2.75) is 55.6 Å². The molecule has 1 aromatic carbocycles. The highest BCUT2D eigenvalue weighted by molar-refractivity contribution is 8.00. The molecule has 0 saturated heterocycles. The van der Waals surface area contributed by atoms with Crippen LogP contribution < -0.4 is 5.73 Å². The van der Waals surface area contributed by atoms with Gasteiger partial charge in [-0.3, -0.25) is 0 Å². The molecule has 0 bridgehead atoms. The first kappa shape index (κ1) is 14.5. The van der Waals surface area contributed by atoms with Gasteiger partial charge >= 0.3 is 0 Å². The molecule has 2 N–H and O–H groups in total. The van der Waals surface area contributed by atoms with E-state index >= 15 is 0 Å². The molecule has 1 fully saturated rings. The molecule has 4 atom stereocenters. The summed E-state index contributed by atoms with van der Waals surface area (Å²) >= 11 is 2.11. The van der Waals surface area contributed by atoms with E-state index < -0.39 is 0 Å². The zero-order chi connectivity index (χ0) is 13.9. The minimum absolute atomic E-state index is 0.780. The predicted molar refractivity (Wildman–Crippen MR) is 88.1 cm³/mol. The summed E-state index contributed by atoms with van der Waals surface area (Å²) in [6, 6.07) is 8.94. The van der Waals surface area contributed by atoms with Gasteiger partial charge in [-0.05, 0) is 61.6 Å². The lowest BCUT2D eigenvalue weighted by atomic mass is 9.71. The van der Waals surface area contributed by atoms with E-state index in [2.05, 4.69) is 43.0 Å². The van der Waals surface area contributed by atoms with Crippen molar-refractivity contribution in [3.05, 3.63) is 29.8 Å². The van der Waals surface area contributed by atoms with Crippen LogP contribution in [0.15, 0.2) is 29.2 Å². The van der Waals surface area contributed by atoms with Crippen LogP contribution in [-0.4, -0.2) is 11.8 Å². The van der Waals surface area contributed by atoms with E-state index in [-0.39, 0.29) is 0 Å². The van der Waals surface area contributed by atoms with Gasteiger partial charge in [0.1, 0.15) is 0 Å². The van der Waals surface area contributed by atoms with Gasteiger partial charge in [-0.1, -0.05) is 38.0 Å².